The lowest BCUT2D eigenvalue weighted by Crippen LogP contribution is -2.60. The molecule has 4 amide bonds. The van der Waals surface area contributed by atoms with Crippen molar-refractivity contribution in [2.75, 3.05) is 34.9 Å². The van der Waals surface area contributed by atoms with Crippen molar-refractivity contribution in [3.05, 3.63) is 35.9 Å². The fourth-order valence-electron chi connectivity index (χ4n) is 7.95. The molecule has 10 atom stereocenters. The summed E-state index contributed by atoms with van der Waals surface area (Å²) in [6.45, 7) is 17.8. The zero-order valence-corrected chi connectivity index (χ0v) is 34.1. The van der Waals surface area contributed by atoms with Crippen LogP contribution in [0.2, 0.25) is 0 Å². The van der Waals surface area contributed by atoms with Gasteiger partial charge in [0.1, 0.15) is 6.04 Å². The van der Waals surface area contributed by atoms with Crippen molar-refractivity contribution in [2.24, 2.45) is 23.7 Å². The monoisotopic (exact) mass is 732 g/mol. The van der Waals surface area contributed by atoms with Crippen LogP contribution in [0.25, 0.3) is 0 Å². The zero-order chi connectivity index (χ0) is 39.5. The highest BCUT2D eigenvalue weighted by atomic mass is 16.5. The van der Waals surface area contributed by atoms with Crippen molar-refractivity contribution in [1.29, 1.82) is 0 Å². The summed E-state index contributed by atoms with van der Waals surface area (Å²) in [4.78, 5) is 58.8. The Morgan fingerprint density at radius 2 is 1.52 bits per heavy atom. The number of hydrogen-bond acceptors (Lipinski definition) is 8. The molecule has 12 heteroatoms. The van der Waals surface area contributed by atoms with Gasteiger partial charge < -0.3 is 40.3 Å². The minimum atomic E-state index is -0.884. The van der Waals surface area contributed by atoms with E-state index in [9.17, 15) is 24.3 Å². The lowest BCUT2D eigenvalue weighted by molar-refractivity contribution is -0.152. The number of aliphatic hydroxyl groups is 1. The lowest BCUT2D eigenvalue weighted by atomic mass is 9.82. The Morgan fingerprint density at radius 3 is 2.02 bits per heavy atom. The summed E-state index contributed by atoms with van der Waals surface area (Å²) < 4.78 is 12.0. The molecule has 1 aliphatic heterocycles. The predicted octanol–water partition coefficient (Wildman–Crippen LogP) is 3.92. The Hall–Kier alpha value is -3.06. The van der Waals surface area contributed by atoms with Crippen molar-refractivity contribution in [2.45, 2.75) is 136 Å². The molecular formula is C40H69N5O7. The van der Waals surface area contributed by atoms with Crippen LogP contribution in [0.1, 0.15) is 99.7 Å². The van der Waals surface area contributed by atoms with Crippen LogP contribution >= 0.6 is 0 Å². The van der Waals surface area contributed by atoms with Gasteiger partial charge in [-0.2, -0.15) is 0 Å². The first kappa shape index (κ1) is 45.1. The maximum Gasteiger partial charge on any atom is 0.245 e. The molecule has 1 aliphatic rings. The maximum atomic E-state index is 14.3. The van der Waals surface area contributed by atoms with Crippen LogP contribution in [-0.2, 0) is 28.7 Å². The number of likely N-dealkylation sites (N-methyl/N-ethyl adjacent to an activating group) is 2. The van der Waals surface area contributed by atoms with Crippen molar-refractivity contribution in [3.8, 4) is 0 Å². The van der Waals surface area contributed by atoms with Gasteiger partial charge in [0.15, 0.2) is 0 Å². The van der Waals surface area contributed by atoms with E-state index < -0.39 is 53.9 Å². The second kappa shape index (κ2) is 20.4. The molecule has 12 nitrogen and oxygen atoms in total. The third kappa shape index (κ3) is 10.8. The molecule has 1 heterocycles. The van der Waals surface area contributed by atoms with Crippen LogP contribution in [0.4, 0.5) is 0 Å². The molecule has 1 saturated heterocycles. The summed E-state index contributed by atoms with van der Waals surface area (Å²) in [7, 11) is 6.58. The second-order valence-corrected chi connectivity index (χ2v) is 15.6. The average Bonchev–Trinajstić information content (AvgIpc) is 3.51. The minimum Gasteiger partial charge on any atom is -0.386 e. The number of amides is 4. The average molecular weight is 732 g/mol. The lowest BCUT2D eigenvalue weighted by Gasteiger charge is -2.44. The van der Waals surface area contributed by atoms with Crippen LogP contribution in [0, 0.1) is 23.7 Å². The number of rotatable bonds is 20. The van der Waals surface area contributed by atoms with Crippen molar-refractivity contribution < 1.29 is 33.8 Å². The molecular weight excluding hydrogens is 662 g/mol. The molecule has 0 aromatic heterocycles. The third-order valence-electron chi connectivity index (χ3n) is 11.3. The SMILES string of the molecule is CC[C@H](C)[C@@H]([C@@H](CC(=O)N1CCC[C@@]1(C)[C@H](OC)[C@@H](C)C(=O)N[C@H](C)[C@@H](O)c1ccccc1)OC)N(C)C(=O)C(NC(=O)[C@@H](NC)C(C)C)C(C)C. The normalized spacial score (nSPS) is 21.4. The van der Waals surface area contributed by atoms with Gasteiger partial charge in [0, 0.05) is 27.8 Å². The van der Waals surface area contributed by atoms with Crippen LogP contribution in [0.5, 0.6) is 0 Å². The van der Waals surface area contributed by atoms with Crippen molar-refractivity contribution in [1.82, 2.24) is 25.8 Å². The Kier molecular flexibility index (Phi) is 17.7. The molecule has 0 bridgehead atoms. The highest BCUT2D eigenvalue weighted by Crippen LogP contribution is 2.38. The number of methoxy groups -OCH3 is 2. The summed E-state index contributed by atoms with van der Waals surface area (Å²) in [6, 6.07) is 6.98. The van der Waals surface area contributed by atoms with Crippen molar-refractivity contribution in [3.63, 3.8) is 0 Å². The van der Waals surface area contributed by atoms with E-state index >= 15 is 0 Å². The molecule has 0 radical (unpaired) electrons. The van der Waals surface area contributed by atoms with Gasteiger partial charge in [-0.15, -0.1) is 0 Å². The smallest absolute Gasteiger partial charge is 0.245 e. The Balaban J connectivity index is 2.30. The first-order valence-electron chi connectivity index (χ1n) is 19.0. The van der Waals surface area contributed by atoms with Crippen LogP contribution in [-0.4, -0.2) is 115 Å². The number of carbonyl (C=O) groups excluding carboxylic acids is 4. The number of carbonyl (C=O) groups is 4. The molecule has 296 valence electrons. The van der Waals surface area contributed by atoms with E-state index in [4.69, 9.17) is 9.47 Å². The number of aliphatic hydroxyl groups excluding tert-OH is 1. The summed E-state index contributed by atoms with van der Waals surface area (Å²) in [5.74, 6) is -1.70. The quantitative estimate of drug-likeness (QED) is 0.158. The first-order chi connectivity index (χ1) is 24.4. The molecule has 2 rings (SSSR count). The van der Waals surface area contributed by atoms with E-state index in [2.05, 4.69) is 16.0 Å². The van der Waals surface area contributed by atoms with Gasteiger partial charge in [0.2, 0.25) is 23.6 Å². The van der Waals surface area contributed by atoms with E-state index in [0.717, 1.165) is 12.8 Å². The molecule has 0 aliphatic carbocycles. The standard InChI is InChI=1S/C40H69N5O7/c1-14-26(6)34(44(11)39(50)33(25(4)5)43-38(49)32(41-10)24(2)3)30(51-12)23-31(46)45-22-18-21-40(45,9)36(52-13)27(7)37(48)42-28(8)35(47)29-19-16-15-17-20-29/h15-17,19-20,24-28,30,32-36,41,47H,14,18,21-23H2,1-13H3,(H,42,48)(H,43,49)/t26-,27+,28+,30+,32-,33?,34-,35+,36+,40-/m0/s1. The van der Waals surface area contributed by atoms with Gasteiger partial charge in [0.05, 0.1) is 54.3 Å². The largest absolute Gasteiger partial charge is 0.386 e. The topological polar surface area (TPSA) is 150 Å². The number of hydrogen-bond donors (Lipinski definition) is 4. The summed E-state index contributed by atoms with van der Waals surface area (Å²) >= 11 is 0. The van der Waals surface area contributed by atoms with E-state index in [1.54, 1.807) is 47.1 Å². The number of benzene rings is 1. The van der Waals surface area contributed by atoms with Gasteiger partial charge in [0.25, 0.3) is 0 Å². The summed E-state index contributed by atoms with van der Waals surface area (Å²) in [6.07, 6.45) is -0.00641. The Morgan fingerprint density at radius 1 is 0.923 bits per heavy atom. The van der Waals surface area contributed by atoms with Crippen LogP contribution in [0.3, 0.4) is 0 Å². The van der Waals surface area contributed by atoms with Crippen molar-refractivity contribution >= 4 is 23.6 Å². The molecule has 1 aromatic rings. The molecule has 52 heavy (non-hydrogen) atoms. The second-order valence-electron chi connectivity index (χ2n) is 15.6. The summed E-state index contributed by atoms with van der Waals surface area (Å²) in [5.41, 5.74) is -0.0807. The first-order valence-corrected chi connectivity index (χ1v) is 19.0. The Bertz CT molecular complexity index is 1300. The third-order valence-corrected chi connectivity index (χ3v) is 11.3. The van der Waals surface area contributed by atoms with Gasteiger partial charge in [-0.3, -0.25) is 19.2 Å². The minimum absolute atomic E-state index is 0.0178. The maximum absolute atomic E-state index is 14.3. The molecule has 1 unspecified atom stereocenters. The van der Waals surface area contributed by atoms with E-state index in [0.29, 0.717) is 18.5 Å². The van der Waals surface area contributed by atoms with E-state index in [1.165, 1.54) is 0 Å². The fraction of sp³-hybridized carbons (Fsp3) is 0.750. The number of ether oxygens (including phenoxy) is 2. The van der Waals surface area contributed by atoms with Crippen LogP contribution in [0.15, 0.2) is 30.3 Å². The molecule has 0 spiro atoms. The van der Waals surface area contributed by atoms with E-state index in [-0.39, 0.29) is 47.8 Å². The van der Waals surface area contributed by atoms with Gasteiger partial charge in [-0.25, -0.2) is 0 Å². The van der Waals surface area contributed by atoms with Gasteiger partial charge in [-0.05, 0) is 57.1 Å². The van der Waals surface area contributed by atoms with E-state index in [1.807, 2.05) is 83.7 Å². The molecule has 1 aromatic carbocycles. The molecule has 1 fully saturated rings. The molecule has 0 saturated carbocycles. The highest BCUT2D eigenvalue weighted by molar-refractivity contribution is 5.90. The number of nitrogens with zero attached hydrogens (tertiary/aromatic N) is 2. The predicted molar refractivity (Wildman–Crippen MR) is 204 cm³/mol. The van der Waals surface area contributed by atoms with Gasteiger partial charge >= 0.3 is 0 Å². The van der Waals surface area contributed by atoms with Gasteiger partial charge in [-0.1, -0.05) is 85.2 Å². The Labute approximate surface area is 313 Å². The zero-order valence-electron chi connectivity index (χ0n) is 34.1. The highest BCUT2D eigenvalue weighted by Gasteiger charge is 2.50. The molecule has 4 N–H and O–H groups in total. The number of likely N-dealkylation sites (tertiary alicyclic amines) is 1. The fourth-order valence-corrected chi connectivity index (χ4v) is 7.95. The summed E-state index contributed by atoms with van der Waals surface area (Å²) in [5, 5.41) is 19.9. The number of nitrogens with one attached hydrogen (secondary N) is 3. The van der Waals surface area contributed by atoms with Crippen LogP contribution < -0.4 is 16.0 Å².